The van der Waals surface area contributed by atoms with Gasteiger partial charge in [-0.2, -0.15) is 0 Å². The van der Waals surface area contributed by atoms with Crippen molar-refractivity contribution in [2.45, 2.75) is 19.6 Å². The summed E-state index contributed by atoms with van der Waals surface area (Å²) in [6, 6.07) is 4.23. The number of cyclic esters (lactones) is 2. The molecule has 0 spiro atoms. The van der Waals surface area contributed by atoms with Crippen molar-refractivity contribution in [1.29, 1.82) is 0 Å². The molecule has 1 aliphatic heterocycles. The van der Waals surface area contributed by atoms with Gasteiger partial charge in [-0.1, -0.05) is 6.07 Å². The van der Waals surface area contributed by atoms with Gasteiger partial charge in [-0.05, 0) is 12.1 Å². The maximum atomic E-state index is 14.0. The summed E-state index contributed by atoms with van der Waals surface area (Å²) in [7, 11) is 1.51. The zero-order chi connectivity index (χ0) is 17.7. The smallest absolute Gasteiger partial charge is 0.350 e. The predicted molar refractivity (Wildman–Crippen MR) is 81.7 cm³/mol. The third-order valence-electron chi connectivity index (χ3n) is 3.00. The van der Waals surface area contributed by atoms with Gasteiger partial charge in [0.05, 0.1) is 6.61 Å². The summed E-state index contributed by atoms with van der Waals surface area (Å²) >= 11 is 0. The van der Waals surface area contributed by atoms with Gasteiger partial charge in [0.2, 0.25) is 0 Å². The molecule has 24 heavy (non-hydrogen) atoms. The first-order valence-electron chi connectivity index (χ1n) is 7.17. The van der Waals surface area contributed by atoms with Gasteiger partial charge in [0, 0.05) is 27.2 Å². The topological polar surface area (TPSA) is 83.1 Å². The standard InChI is InChI=1S/C16H18FNO6/c1-16(2)23-14(19)10(15(20)24-16)9-18-13-11(17)5-4-6-12(13)22-8-7-21-3/h4-6,9,18H,7-8H2,1-3H3. The molecule has 2 rings (SSSR count). The van der Waals surface area contributed by atoms with E-state index in [9.17, 15) is 14.0 Å². The molecule has 0 radical (unpaired) electrons. The van der Waals surface area contributed by atoms with Crippen molar-refractivity contribution in [3.05, 3.63) is 35.8 Å². The van der Waals surface area contributed by atoms with E-state index < -0.39 is 23.5 Å². The van der Waals surface area contributed by atoms with Crippen LogP contribution in [0.1, 0.15) is 13.8 Å². The molecule has 8 heteroatoms. The molecule has 130 valence electrons. The number of para-hydroxylation sites is 1. The Hall–Kier alpha value is -2.61. The lowest BCUT2D eigenvalue weighted by molar-refractivity contribution is -0.222. The van der Waals surface area contributed by atoms with Crippen LogP contribution in [-0.4, -0.2) is 38.0 Å². The highest BCUT2D eigenvalue weighted by atomic mass is 19.1. The molecule has 1 heterocycles. The first-order valence-corrected chi connectivity index (χ1v) is 7.17. The zero-order valence-corrected chi connectivity index (χ0v) is 13.6. The fraction of sp³-hybridized carbons (Fsp3) is 0.375. The van der Waals surface area contributed by atoms with Gasteiger partial charge in [0.15, 0.2) is 5.57 Å². The van der Waals surface area contributed by atoms with Crippen LogP contribution >= 0.6 is 0 Å². The molecule has 0 bridgehead atoms. The van der Waals surface area contributed by atoms with Gasteiger partial charge in [0.25, 0.3) is 5.79 Å². The van der Waals surface area contributed by atoms with Crippen molar-refractivity contribution in [2.24, 2.45) is 0 Å². The number of methoxy groups -OCH3 is 1. The molecule has 1 aromatic carbocycles. The Bertz CT molecular complexity index is 649. The number of halogens is 1. The average Bonchev–Trinajstić information content (AvgIpc) is 2.47. The highest BCUT2D eigenvalue weighted by molar-refractivity contribution is 6.15. The number of carbonyl (C=O) groups is 2. The first-order chi connectivity index (χ1) is 11.3. The second-order valence-corrected chi connectivity index (χ2v) is 5.34. The number of nitrogens with one attached hydrogen (secondary N) is 1. The van der Waals surface area contributed by atoms with E-state index in [1.165, 1.54) is 33.1 Å². The number of esters is 2. The first kappa shape index (κ1) is 17.7. The van der Waals surface area contributed by atoms with Crippen molar-refractivity contribution in [3.63, 3.8) is 0 Å². The van der Waals surface area contributed by atoms with Gasteiger partial charge in [0.1, 0.15) is 23.9 Å². The largest absolute Gasteiger partial charge is 0.489 e. The van der Waals surface area contributed by atoms with Gasteiger partial charge in [-0.15, -0.1) is 0 Å². The monoisotopic (exact) mass is 339 g/mol. The number of benzene rings is 1. The van der Waals surface area contributed by atoms with Crippen LogP contribution in [0.15, 0.2) is 30.0 Å². The van der Waals surface area contributed by atoms with E-state index in [1.54, 1.807) is 6.07 Å². The molecule has 0 aromatic heterocycles. The Morgan fingerprint density at radius 1 is 1.21 bits per heavy atom. The Balaban J connectivity index is 2.19. The lowest BCUT2D eigenvalue weighted by Crippen LogP contribution is -2.42. The molecule has 1 aliphatic rings. The molecule has 7 nitrogen and oxygen atoms in total. The quantitative estimate of drug-likeness (QED) is 0.367. The van der Waals surface area contributed by atoms with Crippen LogP contribution in [0.2, 0.25) is 0 Å². The minimum absolute atomic E-state index is 0.0217. The van der Waals surface area contributed by atoms with E-state index in [0.29, 0.717) is 6.61 Å². The Morgan fingerprint density at radius 2 is 1.88 bits per heavy atom. The highest BCUT2D eigenvalue weighted by Crippen LogP contribution is 2.28. The Kier molecular flexibility index (Phi) is 5.40. The minimum Gasteiger partial charge on any atom is -0.489 e. The summed E-state index contributed by atoms with van der Waals surface area (Å²) in [6.45, 7) is 3.41. The van der Waals surface area contributed by atoms with Crippen LogP contribution in [0.4, 0.5) is 10.1 Å². The second-order valence-electron chi connectivity index (χ2n) is 5.34. The molecule has 0 amide bonds. The third kappa shape index (κ3) is 4.23. The van der Waals surface area contributed by atoms with E-state index in [0.717, 1.165) is 6.20 Å². The average molecular weight is 339 g/mol. The second kappa shape index (κ2) is 7.31. The van der Waals surface area contributed by atoms with Crippen molar-refractivity contribution in [3.8, 4) is 5.75 Å². The molecule has 0 atom stereocenters. The highest BCUT2D eigenvalue weighted by Gasteiger charge is 2.39. The summed E-state index contributed by atoms with van der Waals surface area (Å²) in [6.07, 6.45) is 1.03. The number of hydrogen-bond donors (Lipinski definition) is 1. The van der Waals surface area contributed by atoms with E-state index >= 15 is 0 Å². The number of rotatable bonds is 6. The van der Waals surface area contributed by atoms with Crippen LogP contribution in [-0.2, 0) is 23.8 Å². The molecule has 1 N–H and O–H groups in total. The molecule has 1 fully saturated rings. The summed E-state index contributed by atoms with van der Waals surface area (Å²) in [5.41, 5.74) is -0.396. The van der Waals surface area contributed by atoms with E-state index in [-0.39, 0.29) is 23.6 Å². The number of ether oxygens (including phenoxy) is 4. The van der Waals surface area contributed by atoms with Crippen molar-refractivity contribution in [2.75, 3.05) is 25.6 Å². The SMILES string of the molecule is COCCOc1cccc(F)c1NC=C1C(=O)OC(C)(C)OC1=O. The van der Waals surface area contributed by atoms with Gasteiger partial charge in [-0.25, -0.2) is 14.0 Å². The summed E-state index contributed by atoms with van der Waals surface area (Å²) in [4.78, 5) is 23.7. The molecule has 0 unspecified atom stereocenters. The zero-order valence-electron chi connectivity index (χ0n) is 13.6. The maximum absolute atomic E-state index is 14.0. The van der Waals surface area contributed by atoms with Crippen LogP contribution < -0.4 is 10.1 Å². The van der Waals surface area contributed by atoms with Crippen LogP contribution in [0.3, 0.4) is 0 Å². The van der Waals surface area contributed by atoms with Gasteiger partial charge >= 0.3 is 11.9 Å². The molecular formula is C16H18FNO6. The molecule has 0 aliphatic carbocycles. The molecule has 0 saturated carbocycles. The minimum atomic E-state index is -1.34. The molecule has 1 aromatic rings. The number of carbonyl (C=O) groups excluding carboxylic acids is 2. The van der Waals surface area contributed by atoms with Crippen LogP contribution in [0.5, 0.6) is 5.75 Å². The van der Waals surface area contributed by atoms with Crippen molar-refractivity contribution >= 4 is 17.6 Å². The Labute approximate surface area is 138 Å². The van der Waals surface area contributed by atoms with E-state index in [4.69, 9.17) is 18.9 Å². The molecular weight excluding hydrogens is 321 g/mol. The summed E-state index contributed by atoms with van der Waals surface area (Å²) in [5, 5.41) is 2.56. The fourth-order valence-electron chi connectivity index (χ4n) is 1.92. The molecule has 1 saturated heterocycles. The maximum Gasteiger partial charge on any atom is 0.350 e. The number of hydrogen-bond acceptors (Lipinski definition) is 7. The normalized spacial score (nSPS) is 16.2. The fourth-order valence-corrected chi connectivity index (χ4v) is 1.92. The lowest BCUT2D eigenvalue weighted by Gasteiger charge is -2.29. The van der Waals surface area contributed by atoms with Crippen LogP contribution in [0, 0.1) is 5.82 Å². The summed E-state index contributed by atoms with van der Waals surface area (Å²) in [5.74, 6) is -3.46. The number of anilines is 1. The van der Waals surface area contributed by atoms with Crippen molar-refractivity contribution in [1.82, 2.24) is 0 Å². The lowest BCUT2D eigenvalue weighted by atomic mass is 10.2. The Morgan fingerprint density at radius 3 is 2.50 bits per heavy atom. The third-order valence-corrected chi connectivity index (χ3v) is 3.00. The van der Waals surface area contributed by atoms with Crippen LogP contribution in [0.25, 0.3) is 0 Å². The van der Waals surface area contributed by atoms with Gasteiger partial charge in [-0.3, -0.25) is 0 Å². The summed E-state index contributed by atoms with van der Waals surface area (Å²) < 4.78 is 34.2. The van der Waals surface area contributed by atoms with Gasteiger partial charge < -0.3 is 24.3 Å². The van der Waals surface area contributed by atoms with Crippen molar-refractivity contribution < 1.29 is 32.9 Å². The predicted octanol–water partition coefficient (Wildman–Crippen LogP) is 1.98. The van der Waals surface area contributed by atoms with E-state index in [2.05, 4.69) is 5.32 Å². The van der Waals surface area contributed by atoms with E-state index in [1.807, 2.05) is 0 Å².